The molecule has 1 unspecified atom stereocenters. The third kappa shape index (κ3) is 5.53. The molecule has 0 radical (unpaired) electrons. The first kappa shape index (κ1) is 18.8. The average Bonchev–Trinajstić information content (AvgIpc) is 2.62. The lowest BCUT2D eigenvalue weighted by Crippen LogP contribution is -2.47. The van der Waals surface area contributed by atoms with E-state index in [4.69, 9.17) is 0 Å². The Bertz CT molecular complexity index is 631. The van der Waals surface area contributed by atoms with Crippen molar-refractivity contribution in [3.63, 3.8) is 0 Å². The van der Waals surface area contributed by atoms with E-state index in [-0.39, 0.29) is 30.1 Å². The minimum absolute atomic E-state index is 0.0485. The second-order valence-electron chi connectivity index (χ2n) is 7.48. The summed E-state index contributed by atoms with van der Waals surface area (Å²) in [7, 11) is 0. The van der Waals surface area contributed by atoms with Crippen molar-refractivity contribution in [2.75, 3.05) is 25.0 Å². The molecule has 1 heterocycles. The van der Waals surface area contributed by atoms with E-state index >= 15 is 0 Å². The molecule has 2 fully saturated rings. The zero-order chi connectivity index (χ0) is 18.4. The summed E-state index contributed by atoms with van der Waals surface area (Å²) in [5.74, 6) is -0.469. The molecule has 0 spiro atoms. The molecule has 142 valence electrons. The number of halogens is 1. The van der Waals surface area contributed by atoms with Gasteiger partial charge in [-0.3, -0.25) is 14.5 Å². The summed E-state index contributed by atoms with van der Waals surface area (Å²) in [6.45, 7) is 1.64. The molecule has 2 N–H and O–H groups in total. The van der Waals surface area contributed by atoms with Crippen LogP contribution in [0.3, 0.4) is 0 Å². The number of anilines is 1. The van der Waals surface area contributed by atoms with Crippen molar-refractivity contribution in [2.24, 2.45) is 5.92 Å². The van der Waals surface area contributed by atoms with E-state index in [0.717, 1.165) is 32.2 Å². The van der Waals surface area contributed by atoms with Crippen molar-refractivity contribution in [2.45, 2.75) is 51.0 Å². The summed E-state index contributed by atoms with van der Waals surface area (Å²) in [6, 6.07) is 6.20. The molecule has 0 bridgehead atoms. The Labute approximate surface area is 154 Å². The third-order valence-electron chi connectivity index (χ3n) is 5.30. The number of benzene rings is 1. The molecule has 1 atom stereocenters. The normalized spacial score (nSPS) is 22.0. The van der Waals surface area contributed by atoms with Crippen LogP contribution in [0.4, 0.5) is 10.1 Å². The van der Waals surface area contributed by atoms with Crippen molar-refractivity contribution in [3.05, 3.63) is 30.1 Å². The van der Waals surface area contributed by atoms with Gasteiger partial charge >= 0.3 is 0 Å². The molecule has 2 aliphatic rings. The van der Waals surface area contributed by atoms with E-state index in [1.165, 1.54) is 31.4 Å². The molecular formula is C20H28FN3O2. The standard InChI is InChI=1S/C20H28FN3O2/c21-16-7-4-10-18(12-16)22-19(25)14-24-11-5-6-15(13-24)20(26)23-17-8-2-1-3-9-17/h4,7,10,12,15,17H,1-3,5-6,8-9,11,13-14H2,(H,22,25)(H,23,26). The monoisotopic (exact) mass is 361 g/mol. The molecule has 5 nitrogen and oxygen atoms in total. The van der Waals surface area contributed by atoms with Gasteiger partial charge in [-0.2, -0.15) is 0 Å². The highest BCUT2D eigenvalue weighted by Crippen LogP contribution is 2.21. The Morgan fingerprint density at radius 2 is 1.92 bits per heavy atom. The number of hydrogen-bond acceptors (Lipinski definition) is 3. The van der Waals surface area contributed by atoms with Gasteiger partial charge in [0.25, 0.3) is 0 Å². The van der Waals surface area contributed by atoms with Crippen LogP contribution in [-0.2, 0) is 9.59 Å². The maximum Gasteiger partial charge on any atom is 0.238 e. The Hall–Kier alpha value is -1.95. The molecule has 26 heavy (non-hydrogen) atoms. The van der Waals surface area contributed by atoms with Crippen molar-refractivity contribution in [3.8, 4) is 0 Å². The van der Waals surface area contributed by atoms with Gasteiger partial charge in [0, 0.05) is 18.3 Å². The van der Waals surface area contributed by atoms with Gasteiger partial charge in [-0.25, -0.2) is 4.39 Å². The number of nitrogens with zero attached hydrogens (tertiary/aromatic N) is 1. The second kappa shape index (κ2) is 9.12. The SMILES string of the molecule is O=C(CN1CCCC(C(=O)NC2CCCCC2)C1)Nc1cccc(F)c1. The lowest BCUT2D eigenvalue weighted by molar-refractivity contribution is -0.128. The van der Waals surface area contributed by atoms with Crippen molar-refractivity contribution in [1.29, 1.82) is 0 Å². The zero-order valence-corrected chi connectivity index (χ0v) is 15.2. The second-order valence-corrected chi connectivity index (χ2v) is 7.48. The predicted molar refractivity (Wildman–Crippen MR) is 99.2 cm³/mol. The molecule has 0 aromatic heterocycles. The van der Waals surface area contributed by atoms with E-state index in [2.05, 4.69) is 10.6 Å². The van der Waals surface area contributed by atoms with Crippen molar-refractivity contribution >= 4 is 17.5 Å². The smallest absolute Gasteiger partial charge is 0.238 e. The van der Waals surface area contributed by atoms with E-state index in [1.807, 2.05) is 4.90 Å². The number of hydrogen-bond donors (Lipinski definition) is 2. The minimum atomic E-state index is -0.375. The largest absolute Gasteiger partial charge is 0.353 e. The molecule has 1 saturated carbocycles. The van der Waals surface area contributed by atoms with Crippen LogP contribution in [0.2, 0.25) is 0 Å². The van der Waals surface area contributed by atoms with Crippen molar-refractivity contribution in [1.82, 2.24) is 10.2 Å². The predicted octanol–water partition coefficient (Wildman–Crippen LogP) is 2.93. The Kier molecular flexibility index (Phi) is 6.61. The summed E-state index contributed by atoms with van der Waals surface area (Å²) in [5.41, 5.74) is 0.457. The summed E-state index contributed by atoms with van der Waals surface area (Å²) < 4.78 is 13.2. The maximum absolute atomic E-state index is 13.2. The molecule has 1 aromatic rings. The van der Waals surface area contributed by atoms with E-state index in [1.54, 1.807) is 12.1 Å². The molecule has 1 saturated heterocycles. The fourth-order valence-corrected chi connectivity index (χ4v) is 3.95. The van der Waals surface area contributed by atoms with Gasteiger partial charge < -0.3 is 10.6 Å². The summed E-state index contributed by atoms with van der Waals surface area (Å²) in [6.07, 6.45) is 7.61. The van der Waals surface area contributed by atoms with Crippen LogP contribution in [-0.4, -0.2) is 42.4 Å². The van der Waals surface area contributed by atoms with Crippen LogP contribution >= 0.6 is 0 Å². The van der Waals surface area contributed by atoms with Crippen LogP contribution in [0.25, 0.3) is 0 Å². The fourth-order valence-electron chi connectivity index (χ4n) is 3.95. The quantitative estimate of drug-likeness (QED) is 0.848. The number of amides is 2. The van der Waals surface area contributed by atoms with E-state index < -0.39 is 0 Å². The molecule has 1 aliphatic carbocycles. The Morgan fingerprint density at radius 1 is 1.12 bits per heavy atom. The minimum Gasteiger partial charge on any atom is -0.353 e. The van der Waals surface area contributed by atoms with Gasteiger partial charge in [-0.15, -0.1) is 0 Å². The number of piperidine rings is 1. The van der Waals surface area contributed by atoms with Crippen LogP contribution < -0.4 is 10.6 Å². The number of carbonyl (C=O) groups is 2. The van der Waals surface area contributed by atoms with Crippen molar-refractivity contribution < 1.29 is 14.0 Å². The first-order chi connectivity index (χ1) is 12.6. The highest BCUT2D eigenvalue weighted by atomic mass is 19.1. The molecule has 3 rings (SSSR count). The summed E-state index contributed by atoms with van der Waals surface area (Å²) in [4.78, 5) is 26.8. The molecule has 2 amide bonds. The molecular weight excluding hydrogens is 333 g/mol. The van der Waals surface area contributed by atoms with Gasteiger partial charge in [0.15, 0.2) is 0 Å². The van der Waals surface area contributed by atoms with Crippen LogP contribution in [0, 0.1) is 11.7 Å². The van der Waals surface area contributed by atoms with Gasteiger partial charge in [0.2, 0.25) is 11.8 Å². The van der Waals surface area contributed by atoms with Gasteiger partial charge in [-0.1, -0.05) is 25.3 Å². The number of carbonyl (C=O) groups excluding carboxylic acids is 2. The molecule has 6 heteroatoms. The Morgan fingerprint density at radius 3 is 2.69 bits per heavy atom. The highest BCUT2D eigenvalue weighted by molar-refractivity contribution is 5.92. The van der Waals surface area contributed by atoms with E-state index in [9.17, 15) is 14.0 Å². The first-order valence-electron chi connectivity index (χ1n) is 9.68. The van der Waals surface area contributed by atoms with Gasteiger partial charge in [0.1, 0.15) is 5.82 Å². The van der Waals surface area contributed by atoms with E-state index in [0.29, 0.717) is 18.3 Å². The van der Waals surface area contributed by atoms with Crippen LogP contribution in [0.1, 0.15) is 44.9 Å². The first-order valence-corrected chi connectivity index (χ1v) is 9.68. The van der Waals surface area contributed by atoms with Crippen LogP contribution in [0.15, 0.2) is 24.3 Å². The number of rotatable bonds is 5. The lowest BCUT2D eigenvalue weighted by atomic mass is 9.93. The third-order valence-corrected chi connectivity index (χ3v) is 5.30. The topological polar surface area (TPSA) is 61.4 Å². The van der Waals surface area contributed by atoms with Crippen LogP contribution in [0.5, 0.6) is 0 Å². The van der Waals surface area contributed by atoms with Gasteiger partial charge in [0.05, 0.1) is 12.5 Å². The number of nitrogens with one attached hydrogen (secondary N) is 2. The highest BCUT2D eigenvalue weighted by Gasteiger charge is 2.28. The summed E-state index contributed by atoms with van der Waals surface area (Å²) >= 11 is 0. The Balaban J connectivity index is 1.46. The fraction of sp³-hybridized carbons (Fsp3) is 0.600. The van der Waals surface area contributed by atoms with Gasteiger partial charge in [-0.05, 0) is 50.4 Å². The number of likely N-dealkylation sites (tertiary alicyclic amines) is 1. The molecule has 1 aliphatic heterocycles. The lowest BCUT2D eigenvalue weighted by Gasteiger charge is -2.33. The zero-order valence-electron chi connectivity index (χ0n) is 15.2. The summed E-state index contributed by atoms with van der Waals surface area (Å²) in [5, 5.41) is 5.92. The maximum atomic E-state index is 13.2. The molecule has 1 aromatic carbocycles. The average molecular weight is 361 g/mol.